The van der Waals surface area contributed by atoms with Gasteiger partial charge in [-0.05, 0) is 55.7 Å². The zero-order chi connectivity index (χ0) is 19.6. The van der Waals surface area contributed by atoms with Crippen molar-refractivity contribution >= 4 is 38.9 Å². The number of rotatable bonds is 4. The zero-order valence-electron chi connectivity index (χ0n) is 15.2. The summed E-state index contributed by atoms with van der Waals surface area (Å²) in [4.78, 5) is 12.7. The van der Waals surface area contributed by atoms with Crippen molar-refractivity contribution < 1.29 is 17.9 Å². The van der Waals surface area contributed by atoms with Crippen LogP contribution in [0.2, 0.25) is 5.02 Å². The third-order valence-electron chi connectivity index (χ3n) is 4.50. The van der Waals surface area contributed by atoms with Gasteiger partial charge in [-0.2, -0.15) is 0 Å². The minimum atomic E-state index is -3.35. The van der Waals surface area contributed by atoms with Gasteiger partial charge in [0, 0.05) is 17.1 Å². The molecule has 8 heteroatoms. The highest BCUT2D eigenvalue weighted by molar-refractivity contribution is 7.92. The summed E-state index contributed by atoms with van der Waals surface area (Å²) in [6, 6.07) is 9.97. The van der Waals surface area contributed by atoms with E-state index in [9.17, 15) is 13.2 Å². The summed E-state index contributed by atoms with van der Waals surface area (Å²) in [5.41, 5.74) is 2.15. The number of hydrogen-bond donors (Lipinski definition) is 1. The molecule has 0 unspecified atom stereocenters. The number of carbonyl (C=O) groups is 1. The second kappa shape index (κ2) is 7.78. The number of hydrogen-bond acceptors (Lipinski definition) is 4. The average Bonchev–Trinajstić information content (AvgIpc) is 2.62. The van der Waals surface area contributed by atoms with E-state index < -0.39 is 10.0 Å². The van der Waals surface area contributed by atoms with Crippen molar-refractivity contribution in [2.45, 2.75) is 19.8 Å². The number of sulfonamides is 1. The first kappa shape index (κ1) is 19.5. The Balaban J connectivity index is 1.92. The summed E-state index contributed by atoms with van der Waals surface area (Å²) < 4.78 is 31.5. The molecule has 1 heterocycles. The Labute approximate surface area is 164 Å². The van der Waals surface area contributed by atoms with Crippen molar-refractivity contribution in [1.29, 1.82) is 0 Å². The molecule has 0 bridgehead atoms. The molecule has 1 aliphatic rings. The maximum Gasteiger partial charge on any atom is 0.255 e. The molecule has 0 atom stereocenters. The van der Waals surface area contributed by atoms with E-state index in [0.717, 1.165) is 12.0 Å². The molecule has 2 aromatic rings. The van der Waals surface area contributed by atoms with Crippen LogP contribution >= 0.6 is 11.6 Å². The van der Waals surface area contributed by atoms with Gasteiger partial charge in [0.2, 0.25) is 10.0 Å². The molecule has 144 valence electrons. The molecule has 0 aliphatic carbocycles. The van der Waals surface area contributed by atoms with E-state index in [1.807, 2.05) is 6.92 Å². The Morgan fingerprint density at radius 3 is 2.67 bits per heavy atom. The lowest BCUT2D eigenvalue weighted by atomic mass is 10.1. The van der Waals surface area contributed by atoms with E-state index in [1.165, 1.54) is 11.4 Å². The van der Waals surface area contributed by atoms with Crippen LogP contribution in [-0.4, -0.2) is 33.7 Å². The number of ether oxygens (including phenoxy) is 1. The molecule has 2 aromatic carbocycles. The topological polar surface area (TPSA) is 75.7 Å². The van der Waals surface area contributed by atoms with E-state index in [-0.39, 0.29) is 11.7 Å². The van der Waals surface area contributed by atoms with Gasteiger partial charge in [0.1, 0.15) is 5.75 Å². The second-order valence-electron chi connectivity index (χ2n) is 6.40. The van der Waals surface area contributed by atoms with Gasteiger partial charge >= 0.3 is 0 Å². The van der Waals surface area contributed by atoms with Crippen molar-refractivity contribution in [2.75, 3.05) is 29.0 Å². The van der Waals surface area contributed by atoms with Gasteiger partial charge in [-0.3, -0.25) is 9.10 Å². The summed E-state index contributed by atoms with van der Waals surface area (Å²) in [6.07, 6.45) is 1.46. The first-order chi connectivity index (χ1) is 12.8. The molecule has 1 amide bonds. The Kier molecular flexibility index (Phi) is 5.62. The molecule has 1 saturated heterocycles. The molecule has 3 rings (SSSR count). The predicted molar refractivity (Wildman–Crippen MR) is 108 cm³/mol. The number of nitrogens with zero attached hydrogens (tertiary/aromatic N) is 1. The Bertz CT molecular complexity index is 976. The molecule has 0 aromatic heterocycles. The minimum Gasteiger partial charge on any atom is -0.495 e. The second-order valence-corrected chi connectivity index (χ2v) is 8.84. The quantitative estimate of drug-likeness (QED) is 0.833. The van der Waals surface area contributed by atoms with Crippen LogP contribution in [-0.2, 0) is 10.0 Å². The van der Waals surface area contributed by atoms with Gasteiger partial charge in [-0.1, -0.05) is 17.7 Å². The Morgan fingerprint density at radius 2 is 1.96 bits per heavy atom. The third kappa shape index (κ3) is 4.20. The number of methoxy groups -OCH3 is 1. The van der Waals surface area contributed by atoms with Gasteiger partial charge in [0.05, 0.1) is 24.2 Å². The van der Waals surface area contributed by atoms with Gasteiger partial charge in [-0.15, -0.1) is 0 Å². The maximum absolute atomic E-state index is 12.7. The summed E-state index contributed by atoms with van der Waals surface area (Å²) >= 11 is 6.00. The van der Waals surface area contributed by atoms with Crippen LogP contribution in [0.3, 0.4) is 0 Å². The Morgan fingerprint density at radius 1 is 1.19 bits per heavy atom. The van der Waals surface area contributed by atoms with Crippen LogP contribution in [0.1, 0.15) is 28.8 Å². The van der Waals surface area contributed by atoms with Crippen molar-refractivity contribution in [1.82, 2.24) is 0 Å². The summed E-state index contributed by atoms with van der Waals surface area (Å²) in [5.74, 6) is 0.243. The fraction of sp³-hybridized carbons (Fsp3) is 0.316. The molecular weight excluding hydrogens is 388 g/mol. The molecule has 1 N–H and O–H groups in total. The monoisotopic (exact) mass is 408 g/mol. The molecular formula is C19H21ClN2O4S. The van der Waals surface area contributed by atoms with Crippen molar-refractivity contribution in [2.24, 2.45) is 0 Å². The molecule has 1 fully saturated rings. The van der Waals surface area contributed by atoms with E-state index >= 15 is 0 Å². The number of benzene rings is 2. The summed E-state index contributed by atoms with van der Waals surface area (Å²) in [5, 5.41) is 3.24. The zero-order valence-corrected chi connectivity index (χ0v) is 16.7. The maximum atomic E-state index is 12.7. The van der Waals surface area contributed by atoms with Gasteiger partial charge in [-0.25, -0.2) is 8.42 Å². The number of halogens is 1. The highest BCUT2D eigenvalue weighted by atomic mass is 35.5. The molecule has 6 nitrogen and oxygen atoms in total. The van der Waals surface area contributed by atoms with Crippen molar-refractivity contribution in [3.63, 3.8) is 0 Å². The first-order valence-electron chi connectivity index (χ1n) is 8.58. The van der Waals surface area contributed by atoms with Crippen LogP contribution in [0.5, 0.6) is 5.75 Å². The molecule has 0 radical (unpaired) electrons. The molecule has 0 spiro atoms. The average molecular weight is 409 g/mol. The number of nitrogens with one attached hydrogen (secondary N) is 1. The number of amides is 1. The van der Waals surface area contributed by atoms with Crippen LogP contribution in [0.25, 0.3) is 0 Å². The fourth-order valence-corrected chi connectivity index (χ4v) is 4.92. The van der Waals surface area contributed by atoms with Gasteiger partial charge < -0.3 is 10.1 Å². The van der Waals surface area contributed by atoms with Crippen molar-refractivity contribution in [3.8, 4) is 5.75 Å². The third-order valence-corrected chi connectivity index (χ3v) is 6.59. The molecule has 27 heavy (non-hydrogen) atoms. The smallest absolute Gasteiger partial charge is 0.255 e. The minimum absolute atomic E-state index is 0.128. The summed E-state index contributed by atoms with van der Waals surface area (Å²) in [7, 11) is -1.85. The standard InChI is InChI=1S/C19H21ClN2O4S/c1-13-5-6-14(11-17(13)22-9-3-4-10-27(22,24)25)19(23)21-16-12-15(20)7-8-18(16)26-2/h5-8,11-12H,3-4,9-10H2,1-2H3,(H,21,23). The van der Waals surface area contributed by atoms with Crippen LogP contribution in [0.4, 0.5) is 11.4 Å². The van der Waals surface area contributed by atoms with Crippen molar-refractivity contribution in [3.05, 3.63) is 52.5 Å². The van der Waals surface area contributed by atoms with Gasteiger partial charge in [0.25, 0.3) is 5.91 Å². The largest absolute Gasteiger partial charge is 0.495 e. The van der Waals surface area contributed by atoms with Crippen LogP contribution in [0, 0.1) is 6.92 Å². The highest BCUT2D eigenvalue weighted by Gasteiger charge is 2.27. The SMILES string of the molecule is COc1ccc(Cl)cc1NC(=O)c1ccc(C)c(N2CCCCS2(=O)=O)c1. The number of carbonyl (C=O) groups excluding carboxylic acids is 1. The molecule has 0 saturated carbocycles. The van der Waals surface area contributed by atoms with E-state index in [2.05, 4.69) is 5.32 Å². The van der Waals surface area contributed by atoms with Crippen LogP contribution in [0.15, 0.2) is 36.4 Å². The van der Waals surface area contributed by atoms with E-state index in [4.69, 9.17) is 16.3 Å². The number of anilines is 2. The van der Waals surface area contributed by atoms with Gasteiger partial charge in [0.15, 0.2) is 0 Å². The fourth-order valence-electron chi connectivity index (χ4n) is 3.05. The number of aryl methyl sites for hydroxylation is 1. The lowest BCUT2D eigenvalue weighted by Gasteiger charge is -2.29. The van der Waals surface area contributed by atoms with E-state index in [1.54, 1.807) is 36.4 Å². The summed E-state index contributed by atoms with van der Waals surface area (Å²) in [6.45, 7) is 2.26. The normalized spacial score (nSPS) is 16.0. The Hall–Kier alpha value is -2.25. The first-order valence-corrected chi connectivity index (χ1v) is 10.6. The lowest BCUT2D eigenvalue weighted by molar-refractivity contribution is 0.102. The van der Waals surface area contributed by atoms with E-state index in [0.29, 0.717) is 40.7 Å². The highest BCUT2D eigenvalue weighted by Crippen LogP contribution is 2.30. The predicted octanol–water partition coefficient (Wildman–Crippen LogP) is 3.84. The van der Waals surface area contributed by atoms with Crippen LogP contribution < -0.4 is 14.4 Å². The molecule has 1 aliphatic heterocycles. The lowest BCUT2D eigenvalue weighted by Crippen LogP contribution is -2.38.